The van der Waals surface area contributed by atoms with Crippen molar-refractivity contribution in [1.82, 2.24) is 0 Å². The van der Waals surface area contributed by atoms with E-state index in [4.69, 9.17) is 0 Å². The molecule has 0 fully saturated rings. The molecule has 4 nitrogen and oxygen atoms in total. The van der Waals surface area contributed by atoms with E-state index in [-0.39, 0.29) is 10.6 Å². The maximum Gasteiger partial charge on any atom is 0.272 e. The molecule has 1 aromatic carbocycles. The van der Waals surface area contributed by atoms with E-state index < -0.39 is 0 Å². The summed E-state index contributed by atoms with van der Waals surface area (Å²) in [5, 5.41) is 14.1. The molecule has 2 rings (SSSR count). The number of hydrogen-bond acceptors (Lipinski definition) is 3. The summed E-state index contributed by atoms with van der Waals surface area (Å²) in [5.41, 5.74) is 1.85. The van der Waals surface area contributed by atoms with Crippen molar-refractivity contribution in [3.8, 4) is 0 Å². The highest BCUT2D eigenvalue weighted by Crippen LogP contribution is 2.23. The van der Waals surface area contributed by atoms with E-state index in [1.165, 1.54) is 0 Å². The fourth-order valence-electron chi connectivity index (χ4n) is 2.11. The lowest BCUT2D eigenvalue weighted by atomic mass is 10.0. The highest BCUT2D eigenvalue weighted by molar-refractivity contribution is 5.54. The van der Waals surface area contributed by atoms with Gasteiger partial charge in [0.15, 0.2) is 0 Å². The van der Waals surface area contributed by atoms with Crippen LogP contribution in [0.15, 0.2) is 30.4 Å². The lowest BCUT2D eigenvalue weighted by molar-refractivity contribution is -0.385. The highest BCUT2D eigenvalue weighted by Gasteiger charge is 2.13. The van der Waals surface area contributed by atoms with E-state index in [2.05, 4.69) is 17.5 Å². The lowest BCUT2D eigenvalue weighted by Crippen LogP contribution is -2.20. The number of nitrogens with one attached hydrogen (secondary N) is 1. The minimum Gasteiger partial charge on any atom is -0.382 e. The third-order valence-electron chi connectivity index (χ3n) is 3.03. The van der Waals surface area contributed by atoms with Gasteiger partial charge in [-0.2, -0.15) is 0 Å². The van der Waals surface area contributed by atoms with Crippen LogP contribution in [-0.4, -0.2) is 11.0 Å². The van der Waals surface area contributed by atoms with Crippen molar-refractivity contribution < 1.29 is 4.92 Å². The van der Waals surface area contributed by atoms with Crippen LogP contribution in [-0.2, 0) is 0 Å². The number of nitro benzene ring substituents is 1. The average molecular weight is 232 g/mol. The van der Waals surface area contributed by atoms with Gasteiger partial charge in [0.25, 0.3) is 5.69 Å². The van der Waals surface area contributed by atoms with E-state index in [0.29, 0.717) is 11.6 Å². The maximum absolute atomic E-state index is 10.7. The predicted octanol–water partition coefficient (Wildman–Crippen LogP) is 3.42. The standard InChI is InChI=1S/C13H16N2O2/c1-10-9-12(7-8-13(10)15(16)17)14-11-5-3-2-4-6-11/h2-3,7-9,11,14H,4-6H2,1H3. The zero-order valence-electron chi connectivity index (χ0n) is 9.85. The van der Waals surface area contributed by atoms with Crippen LogP contribution >= 0.6 is 0 Å². The first kappa shape index (κ1) is 11.6. The van der Waals surface area contributed by atoms with E-state index >= 15 is 0 Å². The van der Waals surface area contributed by atoms with Gasteiger partial charge in [0.1, 0.15) is 0 Å². The number of nitro groups is 1. The van der Waals surface area contributed by atoms with Gasteiger partial charge in [-0.25, -0.2) is 0 Å². The van der Waals surface area contributed by atoms with Gasteiger partial charge in [-0.3, -0.25) is 10.1 Å². The van der Waals surface area contributed by atoms with Crippen LogP contribution in [0, 0.1) is 17.0 Å². The smallest absolute Gasteiger partial charge is 0.272 e. The molecule has 1 atom stereocenters. The van der Waals surface area contributed by atoms with E-state index in [1.54, 1.807) is 19.1 Å². The number of benzene rings is 1. The molecule has 17 heavy (non-hydrogen) atoms. The Kier molecular flexibility index (Phi) is 3.42. The first-order valence-electron chi connectivity index (χ1n) is 5.83. The molecule has 1 N–H and O–H groups in total. The SMILES string of the molecule is Cc1cc(NC2CC=CCC2)ccc1[N+](=O)[O-]. The Morgan fingerprint density at radius 3 is 2.82 bits per heavy atom. The molecular weight excluding hydrogens is 216 g/mol. The zero-order valence-corrected chi connectivity index (χ0v) is 9.85. The molecule has 0 spiro atoms. The van der Waals surface area contributed by atoms with Crippen LogP contribution in [0.2, 0.25) is 0 Å². The zero-order chi connectivity index (χ0) is 12.3. The normalized spacial score (nSPS) is 19.0. The molecule has 0 saturated carbocycles. The van der Waals surface area contributed by atoms with Crippen LogP contribution in [0.5, 0.6) is 0 Å². The fourth-order valence-corrected chi connectivity index (χ4v) is 2.11. The molecule has 0 heterocycles. The quantitative estimate of drug-likeness (QED) is 0.493. The van der Waals surface area contributed by atoms with Crippen molar-refractivity contribution >= 4 is 11.4 Å². The molecule has 0 aliphatic heterocycles. The summed E-state index contributed by atoms with van der Waals surface area (Å²) in [5.74, 6) is 0. The molecule has 4 heteroatoms. The number of hydrogen-bond donors (Lipinski definition) is 1. The second-order valence-electron chi connectivity index (χ2n) is 4.38. The Morgan fingerprint density at radius 2 is 2.24 bits per heavy atom. The number of aryl methyl sites for hydroxylation is 1. The molecule has 1 aliphatic carbocycles. The maximum atomic E-state index is 10.7. The Morgan fingerprint density at radius 1 is 1.41 bits per heavy atom. The van der Waals surface area contributed by atoms with Gasteiger partial charge in [-0.1, -0.05) is 12.2 Å². The monoisotopic (exact) mass is 232 g/mol. The predicted molar refractivity (Wildman–Crippen MR) is 68.2 cm³/mol. The topological polar surface area (TPSA) is 55.2 Å². The summed E-state index contributed by atoms with van der Waals surface area (Å²) in [6.07, 6.45) is 7.62. The minimum absolute atomic E-state index is 0.180. The van der Waals surface area contributed by atoms with Crippen molar-refractivity contribution in [2.45, 2.75) is 32.2 Å². The van der Waals surface area contributed by atoms with Crippen LogP contribution in [0.4, 0.5) is 11.4 Å². The summed E-state index contributed by atoms with van der Waals surface area (Å²) in [4.78, 5) is 10.4. The first-order chi connectivity index (χ1) is 8.16. The van der Waals surface area contributed by atoms with Gasteiger partial charge >= 0.3 is 0 Å². The Bertz CT molecular complexity index is 455. The van der Waals surface area contributed by atoms with Crippen LogP contribution < -0.4 is 5.32 Å². The summed E-state index contributed by atoms with van der Waals surface area (Å²) in [6.45, 7) is 1.77. The number of anilines is 1. The Hall–Kier alpha value is -1.84. The molecule has 0 bridgehead atoms. The Balaban J connectivity index is 2.09. The molecule has 0 amide bonds. The van der Waals surface area contributed by atoms with E-state index in [1.807, 2.05) is 6.07 Å². The summed E-state index contributed by atoms with van der Waals surface area (Å²) < 4.78 is 0. The summed E-state index contributed by atoms with van der Waals surface area (Å²) in [6, 6.07) is 5.64. The molecular formula is C13H16N2O2. The van der Waals surface area contributed by atoms with Crippen molar-refractivity contribution in [2.75, 3.05) is 5.32 Å². The van der Waals surface area contributed by atoms with E-state index in [0.717, 1.165) is 24.9 Å². The van der Waals surface area contributed by atoms with Crippen LogP contribution in [0.1, 0.15) is 24.8 Å². The lowest BCUT2D eigenvalue weighted by Gasteiger charge is -2.20. The average Bonchev–Trinajstić information content (AvgIpc) is 2.30. The Labute approximate surface area is 100 Å². The first-order valence-corrected chi connectivity index (χ1v) is 5.83. The minimum atomic E-state index is -0.345. The molecule has 0 aromatic heterocycles. The third-order valence-corrected chi connectivity index (χ3v) is 3.03. The highest BCUT2D eigenvalue weighted by atomic mass is 16.6. The molecule has 0 saturated heterocycles. The molecule has 1 aromatic rings. The van der Waals surface area contributed by atoms with Gasteiger partial charge in [0, 0.05) is 23.4 Å². The molecule has 90 valence electrons. The molecule has 1 aliphatic rings. The third kappa shape index (κ3) is 2.84. The number of rotatable bonds is 3. The van der Waals surface area contributed by atoms with Crippen molar-refractivity contribution in [2.24, 2.45) is 0 Å². The largest absolute Gasteiger partial charge is 0.382 e. The van der Waals surface area contributed by atoms with Crippen LogP contribution in [0.3, 0.4) is 0 Å². The van der Waals surface area contributed by atoms with Gasteiger partial charge < -0.3 is 5.32 Å². The number of nitrogens with zero attached hydrogens (tertiary/aromatic N) is 1. The summed E-state index contributed by atoms with van der Waals surface area (Å²) in [7, 11) is 0. The van der Waals surface area contributed by atoms with Gasteiger partial charge in [-0.05, 0) is 38.3 Å². The second kappa shape index (κ2) is 4.99. The number of allylic oxidation sites excluding steroid dienone is 1. The molecule has 0 radical (unpaired) electrons. The van der Waals surface area contributed by atoms with Crippen molar-refractivity contribution in [3.05, 3.63) is 46.0 Å². The van der Waals surface area contributed by atoms with Gasteiger partial charge in [-0.15, -0.1) is 0 Å². The summed E-state index contributed by atoms with van der Waals surface area (Å²) >= 11 is 0. The van der Waals surface area contributed by atoms with Gasteiger partial charge in [0.05, 0.1) is 4.92 Å². The van der Waals surface area contributed by atoms with Gasteiger partial charge in [0.2, 0.25) is 0 Å². The van der Waals surface area contributed by atoms with Crippen LogP contribution in [0.25, 0.3) is 0 Å². The molecule has 1 unspecified atom stereocenters. The van der Waals surface area contributed by atoms with Crippen molar-refractivity contribution in [1.29, 1.82) is 0 Å². The fraction of sp³-hybridized carbons (Fsp3) is 0.385. The van der Waals surface area contributed by atoms with E-state index in [9.17, 15) is 10.1 Å². The second-order valence-corrected chi connectivity index (χ2v) is 4.38. The van der Waals surface area contributed by atoms with Crippen molar-refractivity contribution in [3.63, 3.8) is 0 Å².